The van der Waals surface area contributed by atoms with E-state index in [0.29, 0.717) is 25.3 Å². The van der Waals surface area contributed by atoms with Gasteiger partial charge in [-0.2, -0.15) is 5.26 Å². The molecule has 3 nitrogen and oxygen atoms in total. The summed E-state index contributed by atoms with van der Waals surface area (Å²) in [5.41, 5.74) is 3.46. The van der Waals surface area contributed by atoms with Crippen LogP contribution >= 0.6 is 0 Å². The lowest BCUT2D eigenvalue weighted by Gasteiger charge is -2.42. The Labute approximate surface area is 134 Å². The van der Waals surface area contributed by atoms with Gasteiger partial charge in [0.1, 0.15) is 17.5 Å². The van der Waals surface area contributed by atoms with Gasteiger partial charge in [0.2, 0.25) is 0 Å². The Morgan fingerprint density at radius 1 is 1.22 bits per heavy atom. The van der Waals surface area contributed by atoms with Gasteiger partial charge in [-0.25, -0.2) is 4.39 Å². The predicted octanol–water partition coefficient (Wildman–Crippen LogP) is 3.38. The van der Waals surface area contributed by atoms with E-state index in [1.807, 2.05) is 6.07 Å². The molecule has 1 heterocycles. The van der Waals surface area contributed by atoms with Gasteiger partial charge in [0.25, 0.3) is 0 Å². The maximum absolute atomic E-state index is 13.4. The highest BCUT2D eigenvalue weighted by Gasteiger charge is 2.43. The molecule has 0 bridgehead atoms. The zero-order valence-corrected chi connectivity index (χ0v) is 12.8. The van der Waals surface area contributed by atoms with Crippen LogP contribution in [-0.2, 0) is 16.8 Å². The first-order valence-corrected chi connectivity index (χ1v) is 7.89. The molecule has 1 fully saturated rings. The molecule has 1 spiro atoms. The van der Waals surface area contributed by atoms with E-state index in [2.05, 4.69) is 29.2 Å². The lowest BCUT2D eigenvalue weighted by atomic mass is 9.93. The molecule has 0 N–H and O–H groups in total. The van der Waals surface area contributed by atoms with E-state index in [1.165, 1.54) is 23.3 Å². The van der Waals surface area contributed by atoms with E-state index in [1.54, 1.807) is 6.07 Å². The van der Waals surface area contributed by atoms with Crippen molar-refractivity contribution in [3.63, 3.8) is 0 Å². The summed E-state index contributed by atoms with van der Waals surface area (Å²) >= 11 is 0. The minimum Gasteiger partial charge on any atom is -0.367 e. The highest BCUT2D eigenvalue weighted by Crippen LogP contribution is 2.43. The number of anilines is 1. The van der Waals surface area contributed by atoms with Gasteiger partial charge in [-0.05, 0) is 42.2 Å². The molecule has 4 heteroatoms. The van der Waals surface area contributed by atoms with Crippen molar-refractivity contribution in [2.24, 2.45) is 0 Å². The molecule has 1 unspecified atom stereocenters. The molecule has 2 aromatic rings. The summed E-state index contributed by atoms with van der Waals surface area (Å²) in [6.45, 7) is 2.02. The van der Waals surface area contributed by atoms with Crippen molar-refractivity contribution in [3.05, 3.63) is 65.0 Å². The van der Waals surface area contributed by atoms with Crippen LogP contribution in [0.2, 0.25) is 0 Å². The number of ether oxygens (including phenoxy) is 1. The van der Waals surface area contributed by atoms with Gasteiger partial charge >= 0.3 is 0 Å². The van der Waals surface area contributed by atoms with Crippen LogP contribution in [0.15, 0.2) is 42.5 Å². The first-order chi connectivity index (χ1) is 11.2. The third-order valence-corrected chi connectivity index (χ3v) is 4.91. The summed E-state index contributed by atoms with van der Waals surface area (Å²) in [6, 6.07) is 14.9. The first-order valence-electron chi connectivity index (χ1n) is 7.89. The van der Waals surface area contributed by atoms with Crippen LogP contribution in [0.1, 0.15) is 23.1 Å². The third-order valence-electron chi connectivity index (χ3n) is 4.91. The molecule has 2 aromatic carbocycles. The molecule has 1 aliphatic heterocycles. The van der Waals surface area contributed by atoms with Crippen LogP contribution in [0.25, 0.3) is 0 Å². The van der Waals surface area contributed by atoms with Crippen molar-refractivity contribution in [2.75, 3.05) is 24.6 Å². The van der Waals surface area contributed by atoms with Crippen molar-refractivity contribution in [2.45, 2.75) is 18.4 Å². The summed E-state index contributed by atoms with van der Waals surface area (Å²) in [7, 11) is 0. The quantitative estimate of drug-likeness (QED) is 0.810. The van der Waals surface area contributed by atoms with Crippen LogP contribution in [-0.4, -0.2) is 19.7 Å². The number of hydrogen-bond donors (Lipinski definition) is 0. The average Bonchev–Trinajstić information content (AvgIpc) is 2.93. The molecule has 23 heavy (non-hydrogen) atoms. The van der Waals surface area contributed by atoms with Crippen molar-refractivity contribution < 1.29 is 9.13 Å². The fraction of sp³-hybridized carbons (Fsp3) is 0.316. The highest BCUT2D eigenvalue weighted by molar-refractivity contribution is 5.60. The lowest BCUT2D eigenvalue weighted by Crippen LogP contribution is -2.49. The maximum atomic E-state index is 13.4. The number of benzene rings is 2. The van der Waals surface area contributed by atoms with Gasteiger partial charge in [0.05, 0.1) is 24.4 Å². The lowest BCUT2D eigenvalue weighted by molar-refractivity contribution is -0.0592. The summed E-state index contributed by atoms with van der Waals surface area (Å²) < 4.78 is 19.6. The van der Waals surface area contributed by atoms with E-state index in [9.17, 15) is 9.65 Å². The minimum atomic E-state index is -0.375. The summed E-state index contributed by atoms with van der Waals surface area (Å²) in [5.74, 6) is -0.375. The smallest absolute Gasteiger partial charge is 0.124 e. The van der Waals surface area contributed by atoms with E-state index < -0.39 is 0 Å². The SMILES string of the molecule is N#Cc1cc(F)ccc1N1CCOC2(CCc3ccccc32)C1. The number of halogens is 1. The van der Waals surface area contributed by atoms with Gasteiger partial charge in [0, 0.05) is 6.54 Å². The van der Waals surface area contributed by atoms with Crippen molar-refractivity contribution in [1.82, 2.24) is 0 Å². The van der Waals surface area contributed by atoms with Gasteiger partial charge in [-0.1, -0.05) is 24.3 Å². The van der Waals surface area contributed by atoms with Gasteiger partial charge in [-0.15, -0.1) is 0 Å². The van der Waals surface area contributed by atoms with Crippen LogP contribution < -0.4 is 4.90 Å². The number of rotatable bonds is 1. The number of nitrogens with zero attached hydrogens (tertiary/aromatic N) is 2. The Balaban J connectivity index is 1.71. The van der Waals surface area contributed by atoms with E-state index in [4.69, 9.17) is 4.74 Å². The number of nitriles is 1. The molecule has 1 aliphatic carbocycles. The van der Waals surface area contributed by atoms with Crippen molar-refractivity contribution in [1.29, 1.82) is 5.26 Å². The molecule has 2 aliphatic rings. The normalized spacial score (nSPS) is 22.9. The van der Waals surface area contributed by atoms with Crippen LogP contribution in [0.4, 0.5) is 10.1 Å². The van der Waals surface area contributed by atoms with E-state index >= 15 is 0 Å². The zero-order chi connectivity index (χ0) is 15.9. The van der Waals surface area contributed by atoms with Gasteiger partial charge in [0.15, 0.2) is 0 Å². The molecular weight excluding hydrogens is 291 g/mol. The van der Waals surface area contributed by atoms with E-state index in [-0.39, 0.29) is 11.4 Å². The molecule has 1 atom stereocenters. The van der Waals surface area contributed by atoms with Crippen LogP contribution in [0, 0.1) is 17.1 Å². The van der Waals surface area contributed by atoms with Crippen molar-refractivity contribution >= 4 is 5.69 Å². The fourth-order valence-corrected chi connectivity index (χ4v) is 3.83. The Morgan fingerprint density at radius 2 is 2.09 bits per heavy atom. The average molecular weight is 308 g/mol. The number of morpholine rings is 1. The number of fused-ring (bicyclic) bond motifs is 2. The molecule has 4 rings (SSSR count). The molecule has 0 aromatic heterocycles. The topological polar surface area (TPSA) is 36.3 Å². The minimum absolute atomic E-state index is 0.310. The van der Waals surface area contributed by atoms with E-state index in [0.717, 1.165) is 18.5 Å². The van der Waals surface area contributed by atoms with Crippen LogP contribution in [0.3, 0.4) is 0 Å². The molecule has 116 valence electrons. The van der Waals surface area contributed by atoms with Gasteiger partial charge in [-0.3, -0.25) is 0 Å². The first kappa shape index (κ1) is 14.2. The summed E-state index contributed by atoms with van der Waals surface area (Å²) in [5, 5.41) is 9.31. The second kappa shape index (κ2) is 5.36. The maximum Gasteiger partial charge on any atom is 0.124 e. The Bertz CT molecular complexity index is 794. The number of aryl methyl sites for hydroxylation is 1. The highest BCUT2D eigenvalue weighted by atomic mass is 19.1. The molecular formula is C19H17FN2O. The van der Waals surface area contributed by atoms with Crippen molar-refractivity contribution in [3.8, 4) is 6.07 Å². The second-order valence-electron chi connectivity index (χ2n) is 6.19. The monoisotopic (exact) mass is 308 g/mol. The number of hydrogen-bond acceptors (Lipinski definition) is 3. The second-order valence-corrected chi connectivity index (χ2v) is 6.19. The molecule has 0 saturated carbocycles. The van der Waals surface area contributed by atoms with Crippen LogP contribution in [0.5, 0.6) is 0 Å². The Kier molecular flexibility index (Phi) is 3.32. The Morgan fingerprint density at radius 3 is 2.96 bits per heavy atom. The van der Waals surface area contributed by atoms with Gasteiger partial charge < -0.3 is 9.64 Å². The Hall–Kier alpha value is -2.38. The molecule has 1 saturated heterocycles. The summed E-state index contributed by atoms with van der Waals surface area (Å²) in [4.78, 5) is 2.16. The zero-order valence-electron chi connectivity index (χ0n) is 12.8. The fourth-order valence-electron chi connectivity index (χ4n) is 3.83. The summed E-state index contributed by atoms with van der Waals surface area (Å²) in [6.07, 6.45) is 1.96. The largest absolute Gasteiger partial charge is 0.367 e. The molecule has 0 radical (unpaired) electrons. The third kappa shape index (κ3) is 2.29. The predicted molar refractivity (Wildman–Crippen MR) is 85.7 cm³/mol. The molecule has 0 amide bonds. The standard InChI is InChI=1S/C19H17FN2O/c20-16-5-6-18(15(11-16)12-21)22-9-10-23-19(13-22)8-7-14-3-1-2-4-17(14)19/h1-6,11H,7-10,13H2.